The molecule has 0 unspecified atom stereocenters. The molecule has 10 heteroatoms. The molecule has 0 N–H and O–H groups in total. The normalized spacial score (nSPS) is 16.1. The second-order valence-corrected chi connectivity index (χ2v) is 17.1. The lowest BCUT2D eigenvalue weighted by Crippen LogP contribution is -2.50. The molecule has 4 heterocycles. The van der Waals surface area contributed by atoms with E-state index in [-0.39, 0.29) is 24.7 Å². The molecular weight excluding hydrogens is 613 g/mol. The Morgan fingerprint density at radius 3 is 1.43 bits per heavy atom. The first-order valence-electron chi connectivity index (χ1n) is 13.0. The van der Waals surface area contributed by atoms with Crippen molar-refractivity contribution in [2.24, 2.45) is 0 Å². The van der Waals surface area contributed by atoms with Crippen LogP contribution in [0.1, 0.15) is 61.4 Å². The molecule has 0 aliphatic carbocycles. The molecule has 0 spiro atoms. The van der Waals surface area contributed by atoms with Gasteiger partial charge in [0.2, 0.25) is 11.8 Å². The molecule has 2 aliphatic rings. The first-order valence-corrected chi connectivity index (χ1v) is 18.1. The van der Waals surface area contributed by atoms with Crippen LogP contribution in [-0.2, 0) is 20.7 Å². The minimum Gasteiger partial charge on any atom is -0.301 e. The Morgan fingerprint density at radius 1 is 0.675 bits per heavy atom. The number of rotatable bonds is 3. The Hall–Kier alpha value is -2.08. The van der Waals surface area contributed by atoms with Gasteiger partial charge in [-0.25, -0.2) is 0 Å². The van der Waals surface area contributed by atoms with E-state index in [1.165, 1.54) is 0 Å². The summed E-state index contributed by atoms with van der Waals surface area (Å²) in [6.45, 7) is 12.4. The monoisotopic (exact) mass is 640 g/mol. The van der Waals surface area contributed by atoms with Gasteiger partial charge in [-0.3, -0.25) is 9.59 Å². The molecule has 2 aromatic carbocycles. The second-order valence-electron chi connectivity index (χ2n) is 11.4. The van der Waals surface area contributed by atoms with Crippen LogP contribution in [0.5, 0.6) is 0 Å². The molecule has 0 saturated carbocycles. The number of anilines is 2. The Kier molecular flexibility index (Phi) is 6.84. The average Bonchev–Trinajstić information content (AvgIpc) is 3.46. The maximum atomic E-state index is 14.1. The molecule has 2 aromatic heterocycles. The molecule has 2 aliphatic heterocycles. The summed E-state index contributed by atoms with van der Waals surface area (Å²) in [7, 11) is 6.46. The summed E-state index contributed by atoms with van der Waals surface area (Å²) >= 11 is 11.4. The van der Waals surface area contributed by atoms with Gasteiger partial charge in [0.15, 0.2) is 0 Å². The fraction of sp³-hybridized carbons (Fsp3) is 0.333. The van der Waals surface area contributed by atoms with Crippen molar-refractivity contribution in [1.82, 2.24) is 0 Å². The molecule has 6 rings (SSSR count). The molecule has 206 valence electrons. The lowest BCUT2D eigenvalue weighted by Gasteiger charge is -2.44. The van der Waals surface area contributed by atoms with Gasteiger partial charge in [0.1, 0.15) is 7.65 Å². The first-order chi connectivity index (χ1) is 18.8. The Labute approximate surface area is 259 Å². The van der Waals surface area contributed by atoms with Crippen LogP contribution in [0.15, 0.2) is 36.4 Å². The van der Waals surface area contributed by atoms with E-state index in [9.17, 15) is 9.59 Å². The molecule has 40 heavy (non-hydrogen) atoms. The van der Waals surface area contributed by atoms with E-state index < -0.39 is 11.1 Å². The molecule has 0 bridgehead atoms. The van der Waals surface area contributed by atoms with E-state index in [0.717, 1.165) is 62.2 Å². The summed E-state index contributed by atoms with van der Waals surface area (Å²) in [5.41, 5.74) is 6.88. The summed E-state index contributed by atoms with van der Waals surface area (Å²) in [5, 5.41) is 0. The molecular formula is C30H28N2O2S6. The minimum absolute atomic E-state index is 0.0636. The molecule has 0 fully saturated rings. The van der Waals surface area contributed by atoms with Crippen LogP contribution in [0, 0.1) is 21.5 Å². The Morgan fingerprint density at radius 2 is 1.05 bits per heavy atom. The lowest BCUT2D eigenvalue weighted by atomic mass is 9.86. The predicted molar refractivity (Wildman–Crippen MR) is 177 cm³/mol. The minimum atomic E-state index is -0.574. The second kappa shape index (κ2) is 9.74. The van der Waals surface area contributed by atoms with Gasteiger partial charge < -0.3 is 9.80 Å². The van der Waals surface area contributed by atoms with Crippen molar-refractivity contribution in [1.29, 1.82) is 0 Å². The van der Waals surface area contributed by atoms with E-state index in [2.05, 4.69) is 64.1 Å². The van der Waals surface area contributed by atoms with Crippen molar-refractivity contribution in [3.63, 3.8) is 0 Å². The number of hydrogen-bond donors (Lipinski definition) is 0. The van der Waals surface area contributed by atoms with Crippen LogP contribution < -0.4 is 9.80 Å². The van der Waals surface area contributed by atoms with Crippen LogP contribution in [0.3, 0.4) is 0 Å². The third kappa shape index (κ3) is 4.14. The first kappa shape index (κ1) is 28.1. The van der Waals surface area contributed by atoms with Crippen LogP contribution in [0.25, 0.3) is 22.3 Å². The highest BCUT2D eigenvalue weighted by Crippen LogP contribution is 2.54. The number of benzene rings is 2. The van der Waals surface area contributed by atoms with Gasteiger partial charge in [-0.1, -0.05) is 90.1 Å². The third-order valence-electron chi connectivity index (χ3n) is 7.87. The van der Waals surface area contributed by atoms with Gasteiger partial charge in [0, 0.05) is 35.1 Å². The van der Waals surface area contributed by atoms with Gasteiger partial charge in [-0.2, -0.15) is 0 Å². The maximum Gasteiger partial charge on any atom is 0.228 e. The number of fused-ring (bicyclic) bond motifs is 6. The molecule has 4 nitrogen and oxygen atoms in total. The largest absolute Gasteiger partial charge is 0.301 e. The number of amides is 2. The molecule has 0 radical (unpaired) electrons. The summed E-state index contributed by atoms with van der Waals surface area (Å²) in [5.74, 6) is -0.127. The molecule has 2 amide bonds. The number of nitrogens with zero attached hydrogens (tertiary/aromatic N) is 2. The van der Waals surface area contributed by atoms with Crippen LogP contribution in [0.2, 0.25) is 0 Å². The SMILES string of the molecule is Cc1ccc2c(c1)N(C(=O)CCC(=O)N1c3cc(C)ccc3-c3c(ssc3=S)C1(C)C)C(C)(C)c1ssc(=S)c1-2. The van der Waals surface area contributed by atoms with Crippen LogP contribution in [0.4, 0.5) is 11.4 Å². The van der Waals surface area contributed by atoms with Gasteiger partial charge in [-0.05, 0) is 64.8 Å². The number of hydrogen-bond acceptors (Lipinski definition) is 8. The van der Waals surface area contributed by atoms with Crippen molar-refractivity contribution < 1.29 is 9.59 Å². The van der Waals surface area contributed by atoms with Gasteiger partial charge in [0.05, 0.1) is 32.2 Å². The fourth-order valence-electron chi connectivity index (χ4n) is 6.00. The summed E-state index contributed by atoms with van der Waals surface area (Å²) < 4.78 is 1.72. The lowest BCUT2D eigenvalue weighted by molar-refractivity contribution is -0.125. The van der Waals surface area contributed by atoms with Gasteiger partial charge >= 0.3 is 0 Å². The predicted octanol–water partition coefficient (Wildman–Crippen LogP) is 9.99. The van der Waals surface area contributed by atoms with Crippen molar-refractivity contribution >= 4 is 89.0 Å². The maximum absolute atomic E-state index is 14.1. The van der Waals surface area contributed by atoms with Crippen molar-refractivity contribution in [3.05, 3.63) is 64.9 Å². The van der Waals surface area contributed by atoms with E-state index in [4.69, 9.17) is 24.4 Å². The zero-order valence-electron chi connectivity index (χ0n) is 23.0. The Bertz CT molecular complexity index is 1700. The van der Waals surface area contributed by atoms with Crippen LogP contribution >= 0.6 is 65.8 Å². The van der Waals surface area contributed by atoms with Crippen molar-refractivity contribution in [3.8, 4) is 22.3 Å². The standard InChI is InChI=1S/C30H28N2O2S6/c1-15-7-9-17-19(13-15)31(29(3,4)25-23(17)27(35)39-37-25)21(33)11-12-22(34)32-20-14-16(2)8-10-18(20)24-26(30(32,5)6)38-40-28(24)36/h7-10,13-14H,11-12H2,1-6H3. The molecule has 0 atom stereocenters. The number of carbonyl (C=O) groups is 2. The van der Waals surface area contributed by atoms with E-state index >= 15 is 0 Å². The average molecular weight is 641 g/mol. The highest BCUT2D eigenvalue weighted by molar-refractivity contribution is 7.80. The Balaban J connectivity index is 1.35. The third-order valence-corrected chi connectivity index (χ3v) is 14.5. The van der Waals surface area contributed by atoms with Crippen molar-refractivity contribution in [2.45, 2.75) is 65.5 Å². The molecule has 4 aromatic rings. The summed E-state index contributed by atoms with van der Waals surface area (Å²) in [4.78, 5) is 34.2. The van der Waals surface area contributed by atoms with Crippen LogP contribution in [-0.4, -0.2) is 11.8 Å². The van der Waals surface area contributed by atoms with E-state index in [1.54, 1.807) is 41.4 Å². The van der Waals surface area contributed by atoms with Gasteiger partial charge in [-0.15, -0.1) is 0 Å². The zero-order chi connectivity index (χ0) is 28.7. The number of carbonyl (C=O) groups excluding carboxylic acids is 2. The molecule has 0 saturated heterocycles. The smallest absolute Gasteiger partial charge is 0.228 e. The summed E-state index contributed by atoms with van der Waals surface area (Å²) in [6.07, 6.45) is 0.223. The van der Waals surface area contributed by atoms with E-state index in [1.807, 2.05) is 23.6 Å². The summed E-state index contributed by atoms with van der Waals surface area (Å²) in [6, 6.07) is 12.4. The quantitative estimate of drug-likeness (QED) is 0.165. The number of aryl methyl sites for hydroxylation is 2. The highest BCUT2D eigenvalue weighted by atomic mass is 32.9. The topological polar surface area (TPSA) is 40.6 Å². The zero-order valence-corrected chi connectivity index (χ0v) is 27.9. The highest BCUT2D eigenvalue weighted by Gasteiger charge is 2.45. The van der Waals surface area contributed by atoms with Gasteiger partial charge in [0.25, 0.3) is 0 Å². The fourth-order valence-corrected chi connectivity index (χ4v) is 12.6. The van der Waals surface area contributed by atoms with E-state index in [0.29, 0.717) is 0 Å². The van der Waals surface area contributed by atoms with Crippen molar-refractivity contribution in [2.75, 3.05) is 9.80 Å².